The molecule has 1 aromatic carbocycles. The molecule has 0 atom stereocenters. The van der Waals surface area contributed by atoms with Gasteiger partial charge < -0.3 is 0 Å². The van der Waals surface area contributed by atoms with Crippen LogP contribution in [-0.2, 0) is 6.54 Å². The van der Waals surface area contributed by atoms with Gasteiger partial charge in [0.1, 0.15) is 0 Å². The Morgan fingerprint density at radius 1 is 1.05 bits per heavy atom. The van der Waals surface area contributed by atoms with Crippen LogP contribution in [0.25, 0.3) is 12.2 Å². The minimum absolute atomic E-state index is 1.13. The molecule has 0 N–H and O–H groups in total. The van der Waals surface area contributed by atoms with Crippen molar-refractivity contribution in [1.82, 2.24) is 0 Å². The summed E-state index contributed by atoms with van der Waals surface area (Å²) < 4.78 is 2.41. The maximum atomic E-state index is 2.41. The maximum Gasteiger partial charge on any atom is 0.241 e. The largest absolute Gasteiger partial charge is 0.241 e. The molecule has 0 fully saturated rings. The third-order valence-electron chi connectivity index (χ3n) is 3.37. The highest BCUT2D eigenvalue weighted by atomic mass is 32.2. The number of benzene rings is 1. The van der Waals surface area contributed by atoms with E-state index in [1.54, 1.807) is 0 Å². The number of hydrogen-bond acceptors (Lipinski definition) is 2. The van der Waals surface area contributed by atoms with Crippen molar-refractivity contribution in [1.29, 1.82) is 0 Å². The Morgan fingerprint density at radius 3 is 2.57 bits per heavy atom. The van der Waals surface area contributed by atoms with E-state index in [0.29, 0.717) is 0 Å². The van der Waals surface area contributed by atoms with Crippen LogP contribution in [0.5, 0.6) is 0 Å². The van der Waals surface area contributed by atoms with Gasteiger partial charge in [0.2, 0.25) is 10.1 Å². The topological polar surface area (TPSA) is 3.88 Å². The molecule has 3 heteroatoms. The monoisotopic (exact) mass is 312 g/mol. The summed E-state index contributed by atoms with van der Waals surface area (Å²) >= 11 is 3.77. The van der Waals surface area contributed by atoms with Gasteiger partial charge >= 0.3 is 0 Å². The van der Waals surface area contributed by atoms with Gasteiger partial charge in [-0.15, -0.1) is 0 Å². The average Bonchev–Trinajstić information content (AvgIpc) is 3.00. The molecule has 0 saturated heterocycles. The molecule has 1 nitrogen and oxygen atoms in total. The first-order chi connectivity index (χ1) is 10.4. The number of pyridine rings is 1. The lowest BCUT2D eigenvalue weighted by Gasteiger charge is -2.00. The van der Waals surface area contributed by atoms with E-state index in [-0.39, 0.29) is 0 Å². The fraction of sp³-hybridized carbons (Fsp3) is 0.167. The lowest BCUT2D eigenvalue weighted by Crippen LogP contribution is -2.35. The second kappa shape index (κ2) is 7.01. The third-order valence-corrected chi connectivity index (χ3v) is 5.15. The molecule has 1 aliphatic heterocycles. The van der Waals surface area contributed by atoms with Crippen LogP contribution in [0.4, 0.5) is 0 Å². The van der Waals surface area contributed by atoms with Gasteiger partial charge in [-0.05, 0) is 17.4 Å². The van der Waals surface area contributed by atoms with Crippen LogP contribution in [0, 0.1) is 0 Å². The standard InChI is InChI=1S/C18H18NS2/c1-20-17-13-16(14-18-19(17)11-12-21-18)10-6-5-9-15-7-3-2-4-8-15/h2-10,13-14H,11-12H2,1H3/q+1/b9-5+,10-6+. The first-order valence-electron chi connectivity index (χ1n) is 7.01. The predicted octanol–water partition coefficient (Wildman–Crippen LogP) is 4.53. The Balaban J connectivity index is 1.76. The highest BCUT2D eigenvalue weighted by Gasteiger charge is 2.23. The quantitative estimate of drug-likeness (QED) is 0.464. The Labute approximate surface area is 134 Å². The van der Waals surface area contributed by atoms with Gasteiger partial charge in [-0.2, -0.15) is 4.57 Å². The van der Waals surface area contributed by atoms with Crippen LogP contribution in [0.1, 0.15) is 11.1 Å². The molecule has 2 aromatic rings. The second-order valence-electron chi connectivity index (χ2n) is 4.80. The molecule has 1 aromatic heterocycles. The summed E-state index contributed by atoms with van der Waals surface area (Å²) in [5.41, 5.74) is 2.50. The number of aromatic nitrogens is 1. The molecule has 1 aliphatic rings. The van der Waals surface area contributed by atoms with Crippen molar-refractivity contribution in [2.75, 3.05) is 12.0 Å². The highest BCUT2D eigenvalue weighted by molar-refractivity contribution is 7.99. The predicted molar refractivity (Wildman–Crippen MR) is 93.7 cm³/mol. The van der Waals surface area contributed by atoms with E-state index in [9.17, 15) is 0 Å². The Morgan fingerprint density at radius 2 is 1.81 bits per heavy atom. The molecule has 2 heterocycles. The van der Waals surface area contributed by atoms with Crippen LogP contribution < -0.4 is 4.57 Å². The highest BCUT2D eigenvalue weighted by Crippen LogP contribution is 2.25. The van der Waals surface area contributed by atoms with Crippen molar-refractivity contribution in [2.24, 2.45) is 0 Å². The van der Waals surface area contributed by atoms with E-state index in [4.69, 9.17) is 0 Å². The number of nitrogens with zero attached hydrogens (tertiary/aromatic N) is 1. The molecule has 0 bridgehead atoms. The molecular formula is C18H18NS2+. The van der Waals surface area contributed by atoms with Crippen molar-refractivity contribution in [3.05, 3.63) is 65.7 Å². The number of hydrogen-bond donors (Lipinski definition) is 0. The molecule has 0 amide bonds. The van der Waals surface area contributed by atoms with Gasteiger partial charge in [0.15, 0.2) is 6.54 Å². The van der Waals surface area contributed by atoms with E-state index in [1.807, 2.05) is 29.6 Å². The van der Waals surface area contributed by atoms with E-state index < -0.39 is 0 Å². The molecule has 0 saturated carbocycles. The van der Waals surface area contributed by atoms with Gasteiger partial charge in [0.05, 0.1) is 5.75 Å². The van der Waals surface area contributed by atoms with E-state index >= 15 is 0 Å². The van der Waals surface area contributed by atoms with Gasteiger partial charge in [0.25, 0.3) is 0 Å². The van der Waals surface area contributed by atoms with Crippen LogP contribution in [0.2, 0.25) is 0 Å². The minimum Gasteiger partial charge on any atom is -0.180 e. The van der Waals surface area contributed by atoms with Crippen LogP contribution in [0.15, 0.2) is 64.7 Å². The smallest absolute Gasteiger partial charge is 0.180 e. The van der Waals surface area contributed by atoms with E-state index in [2.05, 4.69) is 71.5 Å². The summed E-state index contributed by atoms with van der Waals surface area (Å²) in [6.45, 7) is 1.13. The summed E-state index contributed by atoms with van der Waals surface area (Å²) in [5.74, 6) is 1.19. The zero-order valence-corrected chi connectivity index (χ0v) is 13.7. The normalized spacial score (nSPS) is 14.1. The molecule has 0 radical (unpaired) electrons. The zero-order chi connectivity index (χ0) is 14.5. The summed E-state index contributed by atoms with van der Waals surface area (Å²) in [6.07, 6.45) is 10.7. The number of allylic oxidation sites excluding steroid dienone is 2. The van der Waals surface area contributed by atoms with Crippen LogP contribution in [-0.4, -0.2) is 12.0 Å². The lowest BCUT2D eigenvalue weighted by atomic mass is 10.2. The fourth-order valence-corrected chi connectivity index (χ4v) is 4.11. The second-order valence-corrected chi connectivity index (χ2v) is 6.74. The number of rotatable bonds is 4. The number of thioether (sulfide) groups is 2. The molecule has 3 rings (SSSR count). The van der Waals surface area contributed by atoms with Crippen molar-refractivity contribution in [3.8, 4) is 0 Å². The third kappa shape index (κ3) is 3.60. The van der Waals surface area contributed by atoms with Crippen LogP contribution >= 0.6 is 23.5 Å². The van der Waals surface area contributed by atoms with Gasteiger partial charge in [-0.1, -0.05) is 78.2 Å². The summed E-state index contributed by atoms with van der Waals surface area (Å²) in [4.78, 5) is 0. The minimum atomic E-state index is 1.13. The van der Waals surface area contributed by atoms with Crippen molar-refractivity contribution < 1.29 is 4.57 Å². The molecule has 21 heavy (non-hydrogen) atoms. The Kier molecular flexibility index (Phi) is 4.84. The van der Waals surface area contributed by atoms with Crippen molar-refractivity contribution in [2.45, 2.75) is 16.6 Å². The summed E-state index contributed by atoms with van der Waals surface area (Å²) in [7, 11) is 0. The SMILES string of the molecule is CSc1cc(/C=C/C=C/c2ccccc2)cc2[n+]1CCS2. The number of fused-ring (bicyclic) bond motifs is 1. The van der Waals surface area contributed by atoms with Crippen molar-refractivity contribution in [3.63, 3.8) is 0 Å². The maximum absolute atomic E-state index is 2.41. The summed E-state index contributed by atoms with van der Waals surface area (Å²) in [5, 5.41) is 2.73. The van der Waals surface area contributed by atoms with Gasteiger partial charge in [0, 0.05) is 12.1 Å². The van der Waals surface area contributed by atoms with Crippen molar-refractivity contribution >= 4 is 35.7 Å². The Hall–Kier alpha value is -1.45. The van der Waals surface area contributed by atoms with Gasteiger partial charge in [-0.25, -0.2) is 0 Å². The average molecular weight is 312 g/mol. The van der Waals surface area contributed by atoms with E-state index in [1.165, 1.54) is 26.9 Å². The fourth-order valence-electron chi connectivity index (χ4n) is 2.34. The Bertz CT molecular complexity index is 675. The summed E-state index contributed by atoms with van der Waals surface area (Å²) in [6, 6.07) is 14.9. The lowest BCUT2D eigenvalue weighted by molar-refractivity contribution is -0.758. The van der Waals surface area contributed by atoms with E-state index in [0.717, 1.165) is 6.54 Å². The molecular weight excluding hydrogens is 294 g/mol. The van der Waals surface area contributed by atoms with Gasteiger partial charge in [-0.3, -0.25) is 0 Å². The molecule has 0 spiro atoms. The molecule has 0 aliphatic carbocycles. The first kappa shape index (κ1) is 14.5. The zero-order valence-electron chi connectivity index (χ0n) is 12.0. The molecule has 0 unspecified atom stereocenters. The molecule has 106 valence electrons. The van der Waals surface area contributed by atoms with Crippen LogP contribution in [0.3, 0.4) is 0 Å². The first-order valence-corrected chi connectivity index (χ1v) is 9.22.